The second-order valence-electron chi connectivity index (χ2n) is 19.0. The normalized spacial score (nSPS) is 28.6. The molecule has 18 heteroatoms. The van der Waals surface area contributed by atoms with E-state index in [1.165, 1.54) is 42.8 Å². The first kappa shape index (κ1) is 52.4. The molecule has 15 nitrogen and oxygen atoms in total. The molecule has 0 spiro atoms. The highest BCUT2D eigenvalue weighted by molar-refractivity contribution is 8.01. The van der Waals surface area contributed by atoms with Crippen LogP contribution < -0.4 is 15.0 Å². The van der Waals surface area contributed by atoms with Gasteiger partial charge in [-0.2, -0.15) is 0 Å². The molecule has 0 aliphatic carbocycles. The van der Waals surface area contributed by atoms with Crippen molar-refractivity contribution in [2.45, 2.75) is 152 Å². The topological polar surface area (TPSA) is 187 Å². The Morgan fingerprint density at radius 1 is 1.14 bits per heavy atom. The molecule has 2 N–H and O–H groups in total. The average Bonchev–Trinajstić information content (AvgIpc) is 3.18. The summed E-state index contributed by atoms with van der Waals surface area (Å²) in [6, 6.07) is 2.56. The number of rotatable bonds is 15. The Bertz CT molecular complexity index is 1950. The molecule has 3 amide bonds. The van der Waals surface area contributed by atoms with Crippen molar-refractivity contribution in [2.75, 3.05) is 57.2 Å². The molecule has 0 saturated carbocycles. The van der Waals surface area contributed by atoms with Gasteiger partial charge in [0.1, 0.15) is 52.1 Å². The molecule has 1 unspecified atom stereocenters. The molecule has 5 rings (SSSR count). The van der Waals surface area contributed by atoms with Gasteiger partial charge in [-0.05, 0) is 90.0 Å². The van der Waals surface area contributed by atoms with Crippen LogP contribution in [0.15, 0.2) is 23.8 Å². The number of ketones is 1. The average molecular weight is 945 g/mol. The van der Waals surface area contributed by atoms with E-state index in [0.29, 0.717) is 55.7 Å². The SMILES string of the molecule is COc1cc2cc(c1Cl)N(C)C(=O)C[C@H](OC(=O)[C@H](C)N(C)C(=O)CCC(C)(C)SCC(=O)CCC[SH](C)(C)=O)[C@@]1(C)CC(C)(O1)[C@@H]1C[C@@](O)(NC(=O)O1)[C@H](OC)CC/C=C(\C)C2. The summed E-state index contributed by atoms with van der Waals surface area (Å²) in [6.45, 7) is 10.9. The number of nitrogens with one attached hydrogen (secondary N) is 1. The lowest BCUT2D eigenvalue weighted by Crippen LogP contribution is -2.73. The molecule has 1 aromatic rings. The Labute approximate surface area is 383 Å². The van der Waals surface area contributed by atoms with Gasteiger partial charge in [0, 0.05) is 57.4 Å². The third kappa shape index (κ3) is 13.7. The number of anilines is 1. The van der Waals surface area contributed by atoms with Gasteiger partial charge in [-0.25, -0.2) is 9.59 Å². The van der Waals surface area contributed by atoms with E-state index in [0.717, 1.165) is 11.1 Å². The minimum absolute atomic E-state index is 0.0691. The van der Waals surface area contributed by atoms with Gasteiger partial charge in [-0.15, -0.1) is 21.7 Å². The van der Waals surface area contributed by atoms with E-state index in [2.05, 4.69) is 5.32 Å². The first-order valence-corrected chi connectivity index (χ1v) is 25.7. The predicted octanol–water partition coefficient (Wildman–Crippen LogP) is 5.80. The monoisotopic (exact) mass is 943 g/mol. The minimum atomic E-state index is -2.18. The van der Waals surface area contributed by atoms with Crippen molar-refractivity contribution in [1.82, 2.24) is 10.2 Å². The van der Waals surface area contributed by atoms with Gasteiger partial charge >= 0.3 is 12.1 Å². The van der Waals surface area contributed by atoms with Gasteiger partial charge in [0.05, 0.1) is 25.0 Å². The number of esters is 1. The maximum Gasteiger partial charge on any atom is 0.409 e. The third-order valence-corrected chi connectivity index (χ3v) is 15.7. The number of ether oxygens (including phenoxy) is 5. The fraction of sp³-hybridized carbons (Fsp3) is 0.711. The highest BCUT2D eigenvalue weighted by Gasteiger charge is 2.63. The number of hydrogen-bond acceptors (Lipinski definition) is 13. The third-order valence-electron chi connectivity index (χ3n) is 12.5. The standard InChI is InChI=1S/C45H70ClN3O12S2/c1-28-15-13-17-34(58-10)45(55)25-36(60-41(54)47-45)44(6)27-43(5,61-44)35(24-38(52)49(8)32-22-30(21-28)23-33(57-9)39(32)46)59-40(53)29(2)48(7)37(51)18-19-42(3,4)62-26-31(50)16-14-20-63(11,12)56/h15,22-23,29,34-36,55,63H,13-14,16-21,24-27H2,1-12H3,(H,47,54)/b28-15+/t29-,34+,35-,36-,43+,44?,45-/m0/s1. The number of allylic oxidation sites excluding steroid dienone is 2. The number of thiol groups is 1. The molecule has 0 radical (unpaired) electrons. The number of fused-ring (bicyclic) bond motifs is 7. The Morgan fingerprint density at radius 3 is 2.43 bits per heavy atom. The summed E-state index contributed by atoms with van der Waals surface area (Å²) in [5.41, 5.74) is -2.03. The molecule has 4 aliphatic heterocycles. The van der Waals surface area contributed by atoms with Crippen molar-refractivity contribution in [1.29, 1.82) is 0 Å². The Kier molecular flexibility index (Phi) is 17.4. The molecule has 7 atom stereocenters. The second-order valence-corrected chi connectivity index (χ2v) is 24.6. The fourth-order valence-corrected chi connectivity index (χ4v) is 10.7. The molecule has 1 aromatic carbocycles. The van der Waals surface area contributed by atoms with Crippen LogP contribution in [-0.4, -0.2) is 142 Å². The maximum absolute atomic E-state index is 14.3. The first-order valence-electron chi connectivity index (χ1n) is 21.5. The van der Waals surface area contributed by atoms with Crippen molar-refractivity contribution in [3.63, 3.8) is 0 Å². The Hall–Kier alpha value is -3.22. The number of likely N-dealkylation sites (N-methyl/N-ethyl adjacent to an activating group) is 1. The van der Waals surface area contributed by atoms with Gasteiger partial charge in [-0.1, -0.05) is 37.1 Å². The van der Waals surface area contributed by atoms with Crippen molar-refractivity contribution in [3.05, 3.63) is 34.4 Å². The largest absolute Gasteiger partial charge is 0.495 e. The summed E-state index contributed by atoms with van der Waals surface area (Å²) in [5.74, 6) is -0.268. The van der Waals surface area contributed by atoms with E-state index >= 15 is 0 Å². The molecule has 0 aromatic heterocycles. The van der Waals surface area contributed by atoms with Crippen molar-refractivity contribution < 1.29 is 57.0 Å². The highest BCUT2D eigenvalue weighted by atomic mass is 35.5. The van der Waals surface area contributed by atoms with Gasteiger partial charge in [0.25, 0.3) is 0 Å². The van der Waals surface area contributed by atoms with Crippen LogP contribution in [0.25, 0.3) is 0 Å². The van der Waals surface area contributed by atoms with E-state index in [9.17, 15) is 33.3 Å². The number of thioether (sulfide) groups is 1. The van der Waals surface area contributed by atoms with Crippen molar-refractivity contribution >= 4 is 68.6 Å². The molecular formula is C45H70ClN3O12S2. The Balaban J connectivity index is 1.57. The molecule has 4 aliphatic rings. The zero-order chi connectivity index (χ0) is 47.3. The van der Waals surface area contributed by atoms with Crippen LogP contribution >= 0.6 is 23.4 Å². The lowest BCUT2D eigenvalue weighted by Gasteiger charge is -2.59. The summed E-state index contributed by atoms with van der Waals surface area (Å²) in [6.07, 6.45) is 4.30. The predicted molar refractivity (Wildman–Crippen MR) is 247 cm³/mol. The van der Waals surface area contributed by atoms with E-state index < -0.39 is 73.9 Å². The number of aliphatic hydroxyl groups is 1. The van der Waals surface area contributed by atoms with Crippen LogP contribution in [0, 0.1) is 0 Å². The smallest absolute Gasteiger partial charge is 0.409 e. The minimum Gasteiger partial charge on any atom is -0.495 e. The molecule has 356 valence electrons. The van der Waals surface area contributed by atoms with Crippen LogP contribution in [0.4, 0.5) is 10.5 Å². The summed E-state index contributed by atoms with van der Waals surface area (Å²) < 4.78 is 41.4. The number of hydrogen-bond donors (Lipinski definition) is 3. The maximum atomic E-state index is 14.3. The zero-order valence-corrected chi connectivity index (χ0v) is 41.6. The summed E-state index contributed by atoms with van der Waals surface area (Å²) in [5, 5.41) is 14.7. The van der Waals surface area contributed by atoms with Crippen LogP contribution in [0.2, 0.25) is 5.02 Å². The molecule has 63 heavy (non-hydrogen) atoms. The van der Waals surface area contributed by atoms with E-state index in [4.69, 9.17) is 35.3 Å². The van der Waals surface area contributed by atoms with Crippen molar-refractivity contribution in [3.8, 4) is 5.75 Å². The summed E-state index contributed by atoms with van der Waals surface area (Å²) >= 11 is 8.27. The summed E-state index contributed by atoms with van der Waals surface area (Å²) in [7, 11) is 3.87. The van der Waals surface area contributed by atoms with Crippen molar-refractivity contribution in [2.24, 2.45) is 0 Å². The lowest BCUT2D eigenvalue weighted by molar-refractivity contribution is -0.329. The second kappa shape index (κ2) is 21.0. The molecule has 6 bridgehead atoms. The van der Waals surface area contributed by atoms with E-state index in [-0.39, 0.29) is 48.1 Å². The Morgan fingerprint density at radius 2 is 1.81 bits per heavy atom. The van der Waals surface area contributed by atoms with Gasteiger partial charge < -0.3 is 38.6 Å². The van der Waals surface area contributed by atoms with Gasteiger partial charge in [0.15, 0.2) is 5.72 Å². The number of halogens is 1. The number of alkyl carbamates (subject to hydrolysis) is 1. The first-order chi connectivity index (χ1) is 29.1. The van der Waals surface area contributed by atoms with Crippen LogP contribution in [0.5, 0.6) is 5.75 Å². The van der Waals surface area contributed by atoms with Crippen LogP contribution in [0.3, 0.4) is 0 Å². The zero-order valence-electron chi connectivity index (χ0n) is 39.1. The molecular weight excluding hydrogens is 874 g/mol. The number of benzene rings is 1. The number of Topliss-reactive ketones (excluding diaryl/α,β-unsaturated/α-hetero) is 1. The van der Waals surface area contributed by atoms with E-state index in [1.54, 1.807) is 46.4 Å². The molecule has 4 heterocycles. The van der Waals surface area contributed by atoms with Gasteiger partial charge in [0.2, 0.25) is 11.8 Å². The van der Waals surface area contributed by atoms with Gasteiger partial charge in [-0.3, -0.25) is 23.9 Å². The van der Waals surface area contributed by atoms with E-state index in [1.807, 2.05) is 32.9 Å². The number of amides is 3. The summed E-state index contributed by atoms with van der Waals surface area (Å²) in [4.78, 5) is 70.1. The number of carbonyl (C=O) groups is 5. The molecule has 2 saturated heterocycles. The quantitative estimate of drug-likeness (QED) is 0.109. The number of nitrogens with zero attached hydrogens (tertiary/aromatic N) is 2. The fourth-order valence-electron chi connectivity index (χ4n) is 8.49. The van der Waals surface area contributed by atoms with Crippen LogP contribution in [-0.2, 0) is 54.5 Å². The lowest BCUT2D eigenvalue weighted by atomic mass is 9.72. The number of carbonyl (C=O) groups excluding carboxylic acids is 5. The number of methoxy groups -OCH3 is 2. The van der Waals surface area contributed by atoms with Crippen LogP contribution in [0.1, 0.15) is 105 Å². The highest BCUT2D eigenvalue weighted by Crippen LogP contribution is 2.50. The molecule has 2 fully saturated rings.